The molecule has 0 aromatic rings. The Kier molecular flexibility index (Phi) is 7.51. The molecule has 0 aromatic heterocycles. The Balaban J connectivity index is 3.26. The summed E-state index contributed by atoms with van der Waals surface area (Å²) in [6.45, 7) is 8.09. The number of hydrogen-bond acceptors (Lipinski definition) is 2. The largest absolute Gasteiger partial charge is 0.382 e. The predicted octanol–water partition coefficient (Wildman–Crippen LogP) is 2.18. The van der Waals surface area contributed by atoms with E-state index in [4.69, 9.17) is 10.5 Å². The summed E-state index contributed by atoms with van der Waals surface area (Å²) in [6, 6.07) is 0.325. The molecule has 0 saturated carbocycles. The fraction of sp³-hybridized carbons (Fsp3) is 1.00. The molecular formula is C10H23NO. The maximum atomic E-state index is 5.91. The van der Waals surface area contributed by atoms with Crippen LogP contribution in [0.3, 0.4) is 0 Å². The minimum absolute atomic E-state index is 0.325. The molecule has 0 saturated heterocycles. The van der Waals surface area contributed by atoms with E-state index in [0.717, 1.165) is 32.0 Å². The Morgan fingerprint density at radius 1 is 1.33 bits per heavy atom. The molecule has 74 valence electrons. The standard InChI is InChI=1S/C10H23NO/c1-4-9(3)8-10(11)6-7-12-5-2/h9-10H,4-8,11H2,1-3H3. The lowest BCUT2D eigenvalue weighted by molar-refractivity contribution is 0.137. The van der Waals surface area contributed by atoms with Crippen molar-refractivity contribution in [1.29, 1.82) is 0 Å². The minimum atomic E-state index is 0.325. The van der Waals surface area contributed by atoms with Crippen molar-refractivity contribution in [3.05, 3.63) is 0 Å². The second kappa shape index (κ2) is 7.56. The van der Waals surface area contributed by atoms with E-state index in [1.165, 1.54) is 6.42 Å². The lowest BCUT2D eigenvalue weighted by atomic mass is 9.98. The SMILES string of the molecule is CCOCCC(N)CC(C)CC. The number of nitrogens with two attached hydrogens (primary N) is 1. The Morgan fingerprint density at radius 2 is 2.00 bits per heavy atom. The van der Waals surface area contributed by atoms with Gasteiger partial charge in [0, 0.05) is 19.3 Å². The summed E-state index contributed by atoms with van der Waals surface area (Å²) in [5.74, 6) is 0.752. The van der Waals surface area contributed by atoms with Crippen molar-refractivity contribution in [2.24, 2.45) is 11.7 Å². The summed E-state index contributed by atoms with van der Waals surface area (Å²) in [4.78, 5) is 0. The molecular weight excluding hydrogens is 150 g/mol. The molecule has 0 radical (unpaired) electrons. The highest BCUT2D eigenvalue weighted by atomic mass is 16.5. The van der Waals surface area contributed by atoms with E-state index in [1.54, 1.807) is 0 Å². The molecule has 2 atom stereocenters. The van der Waals surface area contributed by atoms with E-state index in [-0.39, 0.29) is 0 Å². The van der Waals surface area contributed by atoms with E-state index in [2.05, 4.69) is 13.8 Å². The first-order chi connectivity index (χ1) is 5.70. The first-order valence-corrected chi connectivity index (χ1v) is 5.04. The van der Waals surface area contributed by atoms with Crippen LogP contribution in [0.15, 0.2) is 0 Å². The van der Waals surface area contributed by atoms with E-state index in [1.807, 2.05) is 6.92 Å². The van der Waals surface area contributed by atoms with Gasteiger partial charge in [-0.25, -0.2) is 0 Å². The Labute approximate surface area is 76.5 Å². The maximum Gasteiger partial charge on any atom is 0.0480 e. The number of rotatable bonds is 7. The molecule has 2 unspecified atom stereocenters. The summed E-state index contributed by atoms with van der Waals surface area (Å²) in [5, 5.41) is 0. The molecule has 2 heteroatoms. The molecule has 0 spiro atoms. The first kappa shape index (κ1) is 11.9. The van der Waals surface area contributed by atoms with E-state index in [9.17, 15) is 0 Å². The molecule has 2 N–H and O–H groups in total. The Morgan fingerprint density at radius 3 is 2.50 bits per heavy atom. The van der Waals surface area contributed by atoms with Gasteiger partial charge in [0.15, 0.2) is 0 Å². The maximum absolute atomic E-state index is 5.91. The highest BCUT2D eigenvalue weighted by molar-refractivity contribution is 4.64. The average Bonchev–Trinajstić information content (AvgIpc) is 2.05. The summed E-state index contributed by atoms with van der Waals surface area (Å²) >= 11 is 0. The highest BCUT2D eigenvalue weighted by Crippen LogP contribution is 2.10. The zero-order valence-electron chi connectivity index (χ0n) is 8.68. The van der Waals surface area contributed by atoms with Gasteiger partial charge in [-0.05, 0) is 25.7 Å². The van der Waals surface area contributed by atoms with Crippen molar-refractivity contribution in [3.8, 4) is 0 Å². The van der Waals surface area contributed by atoms with Gasteiger partial charge < -0.3 is 10.5 Å². The fourth-order valence-electron chi connectivity index (χ4n) is 1.18. The van der Waals surface area contributed by atoms with Crippen molar-refractivity contribution >= 4 is 0 Å². The number of ether oxygens (including phenoxy) is 1. The van der Waals surface area contributed by atoms with Crippen LogP contribution in [0.25, 0.3) is 0 Å². The lowest BCUT2D eigenvalue weighted by Crippen LogP contribution is -2.24. The third-order valence-electron chi connectivity index (χ3n) is 2.24. The molecule has 0 aliphatic heterocycles. The van der Waals surface area contributed by atoms with Crippen LogP contribution < -0.4 is 5.73 Å². The first-order valence-electron chi connectivity index (χ1n) is 5.04. The van der Waals surface area contributed by atoms with Gasteiger partial charge in [-0.3, -0.25) is 0 Å². The van der Waals surface area contributed by atoms with Crippen LogP contribution in [-0.4, -0.2) is 19.3 Å². The lowest BCUT2D eigenvalue weighted by Gasteiger charge is -2.15. The minimum Gasteiger partial charge on any atom is -0.382 e. The molecule has 0 aliphatic rings. The fourth-order valence-corrected chi connectivity index (χ4v) is 1.18. The summed E-state index contributed by atoms with van der Waals surface area (Å²) in [7, 11) is 0. The molecule has 2 nitrogen and oxygen atoms in total. The second-order valence-electron chi connectivity index (χ2n) is 3.49. The van der Waals surface area contributed by atoms with Gasteiger partial charge >= 0.3 is 0 Å². The van der Waals surface area contributed by atoms with Gasteiger partial charge in [0.25, 0.3) is 0 Å². The topological polar surface area (TPSA) is 35.2 Å². The van der Waals surface area contributed by atoms with Crippen LogP contribution in [0.4, 0.5) is 0 Å². The zero-order valence-corrected chi connectivity index (χ0v) is 8.68. The highest BCUT2D eigenvalue weighted by Gasteiger charge is 2.06. The molecule has 0 aliphatic carbocycles. The van der Waals surface area contributed by atoms with Crippen LogP contribution in [0.5, 0.6) is 0 Å². The van der Waals surface area contributed by atoms with E-state index < -0.39 is 0 Å². The third kappa shape index (κ3) is 6.62. The van der Waals surface area contributed by atoms with Gasteiger partial charge in [0.2, 0.25) is 0 Å². The summed E-state index contributed by atoms with van der Waals surface area (Å²) < 4.78 is 5.24. The van der Waals surface area contributed by atoms with E-state index >= 15 is 0 Å². The molecule has 0 heterocycles. The van der Waals surface area contributed by atoms with Crippen molar-refractivity contribution < 1.29 is 4.74 Å². The Hall–Kier alpha value is -0.0800. The van der Waals surface area contributed by atoms with Gasteiger partial charge in [0.1, 0.15) is 0 Å². The molecule has 0 aromatic carbocycles. The van der Waals surface area contributed by atoms with E-state index in [0.29, 0.717) is 6.04 Å². The average molecular weight is 173 g/mol. The third-order valence-corrected chi connectivity index (χ3v) is 2.24. The molecule has 0 fully saturated rings. The van der Waals surface area contributed by atoms with Crippen molar-refractivity contribution in [1.82, 2.24) is 0 Å². The van der Waals surface area contributed by atoms with Gasteiger partial charge in [-0.15, -0.1) is 0 Å². The second-order valence-corrected chi connectivity index (χ2v) is 3.49. The van der Waals surface area contributed by atoms with Crippen LogP contribution in [-0.2, 0) is 4.74 Å². The van der Waals surface area contributed by atoms with Crippen LogP contribution >= 0.6 is 0 Å². The summed E-state index contributed by atoms with van der Waals surface area (Å²) in [5.41, 5.74) is 5.91. The Bertz CT molecular complexity index is 95.8. The van der Waals surface area contributed by atoms with Crippen molar-refractivity contribution in [2.45, 2.75) is 46.1 Å². The molecule has 0 amide bonds. The van der Waals surface area contributed by atoms with Crippen LogP contribution in [0.2, 0.25) is 0 Å². The van der Waals surface area contributed by atoms with Crippen LogP contribution in [0, 0.1) is 5.92 Å². The monoisotopic (exact) mass is 173 g/mol. The predicted molar refractivity (Wildman–Crippen MR) is 53.2 cm³/mol. The quantitative estimate of drug-likeness (QED) is 0.599. The molecule has 0 rings (SSSR count). The summed E-state index contributed by atoms with van der Waals surface area (Å²) in [6.07, 6.45) is 3.35. The van der Waals surface area contributed by atoms with Gasteiger partial charge in [-0.1, -0.05) is 20.3 Å². The van der Waals surface area contributed by atoms with Crippen LogP contribution in [0.1, 0.15) is 40.0 Å². The normalized spacial score (nSPS) is 16.0. The molecule has 12 heavy (non-hydrogen) atoms. The molecule has 0 bridgehead atoms. The number of hydrogen-bond donors (Lipinski definition) is 1. The smallest absolute Gasteiger partial charge is 0.0480 e. The van der Waals surface area contributed by atoms with Gasteiger partial charge in [-0.2, -0.15) is 0 Å². The van der Waals surface area contributed by atoms with Crippen molar-refractivity contribution in [2.75, 3.05) is 13.2 Å². The van der Waals surface area contributed by atoms with Gasteiger partial charge in [0.05, 0.1) is 0 Å². The zero-order chi connectivity index (χ0) is 9.40. The van der Waals surface area contributed by atoms with Crippen molar-refractivity contribution in [3.63, 3.8) is 0 Å².